The van der Waals surface area contributed by atoms with E-state index in [2.05, 4.69) is 5.32 Å². The number of benzene rings is 1. The van der Waals surface area contributed by atoms with Gasteiger partial charge in [-0.25, -0.2) is 4.79 Å². The molecule has 3 rings (SSSR count). The van der Waals surface area contributed by atoms with E-state index in [-0.39, 0.29) is 17.7 Å². The van der Waals surface area contributed by atoms with Gasteiger partial charge in [0.1, 0.15) is 6.04 Å². The Hall–Kier alpha value is -3.16. The molecular weight excluding hydrogens is 384 g/mol. The summed E-state index contributed by atoms with van der Waals surface area (Å²) in [6.07, 6.45) is 3.20. The highest BCUT2D eigenvalue weighted by atomic mass is 16.2. The largest absolute Gasteiger partial charge is 0.352 e. The van der Waals surface area contributed by atoms with Crippen molar-refractivity contribution in [2.24, 2.45) is 11.1 Å². The fourth-order valence-corrected chi connectivity index (χ4v) is 3.81. The van der Waals surface area contributed by atoms with Gasteiger partial charge in [0.15, 0.2) is 0 Å². The van der Waals surface area contributed by atoms with E-state index in [4.69, 9.17) is 5.73 Å². The second kappa shape index (κ2) is 8.30. The summed E-state index contributed by atoms with van der Waals surface area (Å²) in [4.78, 5) is 52.1. The molecule has 0 bridgehead atoms. The van der Waals surface area contributed by atoms with E-state index in [1.54, 1.807) is 29.2 Å². The Morgan fingerprint density at radius 1 is 1.13 bits per heavy atom. The molecule has 0 saturated carbocycles. The summed E-state index contributed by atoms with van der Waals surface area (Å²) in [5.74, 6) is -0.680. The maximum absolute atomic E-state index is 12.9. The average Bonchev–Trinajstić information content (AvgIpc) is 2.94. The van der Waals surface area contributed by atoms with Crippen LogP contribution in [0, 0.1) is 5.41 Å². The number of amides is 5. The molecule has 1 atom stereocenters. The minimum absolute atomic E-state index is 0.169. The Bertz CT molecular complexity index is 881. The molecule has 0 saturated heterocycles. The number of carbonyl (C=O) groups is 4. The highest BCUT2D eigenvalue weighted by Gasteiger charge is 2.37. The van der Waals surface area contributed by atoms with Crippen molar-refractivity contribution in [3.63, 3.8) is 0 Å². The van der Waals surface area contributed by atoms with Crippen molar-refractivity contribution >= 4 is 23.8 Å². The van der Waals surface area contributed by atoms with Gasteiger partial charge < -0.3 is 16.0 Å². The second-order valence-electron chi connectivity index (χ2n) is 8.76. The molecule has 0 aliphatic carbocycles. The van der Waals surface area contributed by atoms with Crippen LogP contribution in [0.3, 0.4) is 0 Å². The molecule has 8 heteroatoms. The Balaban J connectivity index is 1.59. The lowest BCUT2D eigenvalue weighted by atomic mass is 9.85. The number of imide groups is 1. The summed E-state index contributed by atoms with van der Waals surface area (Å²) in [6.45, 7) is 6.87. The van der Waals surface area contributed by atoms with E-state index in [9.17, 15) is 19.2 Å². The van der Waals surface area contributed by atoms with Crippen LogP contribution in [0.5, 0.6) is 0 Å². The quantitative estimate of drug-likeness (QED) is 0.568. The molecule has 2 aliphatic heterocycles. The Morgan fingerprint density at radius 2 is 1.73 bits per heavy atom. The first-order valence-electron chi connectivity index (χ1n) is 10.1. The SMILES string of the molecule is CC(C)(C)C(NC(N)=O)C(=O)N1CC=C(CCN2C(=O)c3ccccc3C2=O)CC1. The topological polar surface area (TPSA) is 113 Å². The number of hydrogen-bond donors (Lipinski definition) is 2. The highest BCUT2D eigenvalue weighted by molar-refractivity contribution is 6.21. The minimum Gasteiger partial charge on any atom is -0.352 e. The number of fused-ring (bicyclic) bond motifs is 1. The van der Waals surface area contributed by atoms with Gasteiger partial charge in [-0.3, -0.25) is 19.3 Å². The fraction of sp³-hybridized carbons (Fsp3) is 0.455. The number of nitrogens with zero attached hydrogens (tertiary/aromatic N) is 2. The van der Waals surface area contributed by atoms with E-state index in [1.807, 2.05) is 26.8 Å². The van der Waals surface area contributed by atoms with E-state index >= 15 is 0 Å². The first-order valence-corrected chi connectivity index (χ1v) is 10.1. The molecular formula is C22H28N4O4. The molecule has 0 radical (unpaired) electrons. The monoisotopic (exact) mass is 412 g/mol. The molecule has 8 nitrogen and oxygen atoms in total. The van der Waals surface area contributed by atoms with Crippen LogP contribution in [-0.4, -0.2) is 59.2 Å². The van der Waals surface area contributed by atoms with Crippen LogP contribution >= 0.6 is 0 Å². The molecule has 160 valence electrons. The predicted molar refractivity (Wildman–Crippen MR) is 112 cm³/mol. The zero-order valence-electron chi connectivity index (χ0n) is 17.6. The number of carbonyl (C=O) groups excluding carboxylic acids is 4. The van der Waals surface area contributed by atoms with Gasteiger partial charge >= 0.3 is 6.03 Å². The lowest BCUT2D eigenvalue weighted by Gasteiger charge is -2.36. The van der Waals surface area contributed by atoms with Crippen LogP contribution in [-0.2, 0) is 4.79 Å². The summed E-state index contributed by atoms with van der Waals surface area (Å²) < 4.78 is 0. The van der Waals surface area contributed by atoms with Gasteiger partial charge in [-0.05, 0) is 30.4 Å². The standard InChI is InChI=1S/C22H28N4O4/c1-22(2,3)17(24-21(23)30)20(29)25-11-8-14(9-12-25)10-13-26-18(27)15-6-4-5-7-16(15)19(26)28/h4-8,17H,9-13H2,1-3H3,(H3,23,24,30). The Morgan fingerprint density at radius 3 is 2.20 bits per heavy atom. The van der Waals surface area contributed by atoms with E-state index in [1.165, 1.54) is 4.90 Å². The molecule has 5 amide bonds. The third-order valence-electron chi connectivity index (χ3n) is 5.55. The van der Waals surface area contributed by atoms with Crippen LogP contribution in [0.25, 0.3) is 0 Å². The third-order valence-corrected chi connectivity index (χ3v) is 5.55. The number of primary amides is 1. The van der Waals surface area contributed by atoms with Crippen molar-refractivity contribution < 1.29 is 19.2 Å². The van der Waals surface area contributed by atoms with Gasteiger partial charge in [-0.2, -0.15) is 0 Å². The molecule has 0 aromatic heterocycles. The molecule has 1 aromatic carbocycles. The summed E-state index contributed by atoms with van der Waals surface area (Å²) in [6, 6.07) is 5.41. The molecule has 1 aromatic rings. The molecule has 2 heterocycles. The van der Waals surface area contributed by atoms with Crippen LogP contribution in [0.2, 0.25) is 0 Å². The molecule has 30 heavy (non-hydrogen) atoms. The zero-order chi connectivity index (χ0) is 22.1. The van der Waals surface area contributed by atoms with Gasteiger partial charge in [-0.15, -0.1) is 0 Å². The highest BCUT2D eigenvalue weighted by Crippen LogP contribution is 2.25. The van der Waals surface area contributed by atoms with Crippen molar-refractivity contribution in [3.05, 3.63) is 47.0 Å². The van der Waals surface area contributed by atoms with Crippen LogP contribution in [0.1, 0.15) is 54.3 Å². The van der Waals surface area contributed by atoms with E-state index < -0.39 is 17.5 Å². The Labute approximate surface area is 176 Å². The van der Waals surface area contributed by atoms with Crippen molar-refractivity contribution in [2.75, 3.05) is 19.6 Å². The number of hydrogen-bond acceptors (Lipinski definition) is 4. The summed E-state index contributed by atoms with van der Waals surface area (Å²) in [7, 11) is 0. The second-order valence-corrected chi connectivity index (χ2v) is 8.76. The minimum atomic E-state index is -0.725. The number of nitrogens with two attached hydrogens (primary N) is 1. The first kappa shape index (κ1) is 21.5. The van der Waals surface area contributed by atoms with Gasteiger partial charge in [0.25, 0.3) is 11.8 Å². The van der Waals surface area contributed by atoms with E-state index in [0.717, 1.165) is 5.57 Å². The third kappa shape index (κ3) is 4.37. The number of nitrogens with one attached hydrogen (secondary N) is 1. The smallest absolute Gasteiger partial charge is 0.312 e. The fourth-order valence-electron chi connectivity index (χ4n) is 3.81. The maximum atomic E-state index is 12.9. The zero-order valence-corrected chi connectivity index (χ0v) is 17.6. The molecule has 0 fully saturated rings. The normalized spacial score (nSPS) is 17.5. The van der Waals surface area contributed by atoms with E-state index in [0.29, 0.717) is 43.6 Å². The first-order chi connectivity index (χ1) is 14.1. The van der Waals surface area contributed by atoms with Gasteiger partial charge in [0, 0.05) is 19.6 Å². The number of urea groups is 1. The van der Waals surface area contributed by atoms with Crippen molar-refractivity contribution in [3.8, 4) is 0 Å². The van der Waals surface area contributed by atoms with Gasteiger partial charge in [0.2, 0.25) is 5.91 Å². The van der Waals surface area contributed by atoms with Crippen molar-refractivity contribution in [1.82, 2.24) is 15.1 Å². The average molecular weight is 412 g/mol. The summed E-state index contributed by atoms with van der Waals surface area (Å²) >= 11 is 0. The van der Waals surface area contributed by atoms with Crippen molar-refractivity contribution in [1.29, 1.82) is 0 Å². The molecule has 0 spiro atoms. The Kier molecular flexibility index (Phi) is 5.96. The maximum Gasteiger partial charge on any atom is 0.312 e. The summed E-state index contributed by atoms with van der Waals surface area (Å²) in [5, 5.41) is 2.55. The lowest BCUT2D eigenvalue weighted by Crippen LogP contribution is -2.56. The van der Waals surface area contributed by atoms with Crippen molar-refractivity contribution in [2.45, 2.75) is 39.7 Å². The van der Waals surface area contributed by atoms with Crippen LogP contribution in [0.15, 0.2) is 35.9 Å². The predicted octanol–water partition coefficient (Wildman–Crippen LogP) is 1.91. The summed E-state index contributed by atoms with van der Waals surface area (Å²) in [5.41, 5.74) is 6.77. The molecule has 3 N–H and O–H groups in total. The van der Waals surface area contributed by atoms with Gasteiger partial charge in [-0.1, -0.05) is 44.6 Å². The molecule has 1 unspecified atom stereocenters. The molecule has 2 aliphatic rings. The van der Waals surface area contributed by atoms with Crippen LogP contribution < -0.4 is 11.1 Å². The van der Waals surface area contributed by atoms with Gasteiger partial charge in [0.05, 0.1) is 11.1 Å². The lowest BCUT2D eigenvalue weighted by molar-refractivity contribution is -0.135. The van der Waals surface area contributed by atoms with Crippen LogP contribution in [0.4, 0.5) is 4.79 Å². The number of rotatable bonds is 5.